The van der Waals surface area contributed by atoms with Gasteiger partial charge in [0.25, 0.3) is 0 Å². The van der Waals surface area contributed by atoms with Crippen molar-refractivity contribution in [3.63, 3.8) is 0 Å². The maximum atomic E-state index is 5.71. The van der Waals surface area contributed by atoms with Crippen LogP contribution in [-0.4, -0.2) is 12.1 Å². The minimum Gasteiger partial charge on any atom is -1.00 e. The first kappa shape index (κ1) is 11.5. The first-order valence-corrected chi connectivity index (χ1v) is 4.85. The second-order valence-corrected chi connectivity index (χ2v) is 3.67. The molecule has 2 atom stereocenters. The SMILES string of the molecule is [Cl-].[NH3+][C@H]1CC[C@H]1OCc1ccccc1. The van der Waals surface area contributed by atoms with Gasteiger partial charge >= 0.3 is 0 Å². The molecule has 3 heteroatoms. The van der Waals surface area contributed by atoms with Crippen molar-refractivity contribution in [2.45, 2.75) is 31.6 Å². The van der Waals surface area contributed by atoms with Crippen molar-refractivity contribution in [1.82, 2.24) is 0 Å². The zero-order valence-electron chi connectivity index (χ0n) is 8.16. The van der Waals surface area contributed by atoms with Gasteiger partial charge in [0.1, 0.15) is 12.1 Å². The van der Waals surface area contributed by atoms with Gasteiger partial charge in [0, 0.05) is 6.42 Å². The van der Waals surface area contributed by atoms with Crippen LogP contribution in [0.2, 0.25) is 0 Å². The number of rotatable bonds is 3. The van der Waals surface area contributed by atoms with E-state index in [1.54, 1.807) is 0 Å². The molecule has 1 aromatic carbocycles. The number of hydrogen-bond donors (Lipinski definition) is 1. The summed E-state index contributed by atoms with van der Waals surface area (Å²) in [6, 6.07) is 10.8. The molecular formula is C11H16ClNO. The van der Waals surface area contributed by atoms with Crippen LogP contribution in [0.15, 0.2) is 30.3 Å². The number of ether oxygens (including phenoxy) is 1. The van der Waals surface area contributed by atoms with Crippen LogP contribution in [-0.2, 0) is 11.3 Å². The Morgan fingerprint density at radius 3 is 2.43 bits per heavy atom. The van der Waals surface area contributed by atoms with E-state index in [1.807, 2.05) is 18.2 Å². The highest BCUT2D eigenvalue weighted by Crippen LogP contribution is 2.20. The van der Waals surface area contributed by atoms with Crippen molar-refractivity contribution in [1.29, 1.82) is 0 Å². The minimum absolute atomic E-state index is 0. The Hall–Kier alpha value is -0.570. The van der Waals surface area contributed by atoms with Crippen molar-refractivity contribution in [2.24, 2.45) is 0 Å². The standard InChI is InChI=1S/C11H15NO.ClH/c12-10-6-7-11(10)13-8-9-4-2-1-3-5-9;/h1-5,10-11H,6-8,12H2;1H/t10-,11+;/m0./s1. The first-order chi connectivity index (χ1) is 6.36. The van der Waals surface area contributed by atoms with Gasteiger partial charge in [-0.1, -0.05) is 30.3 Å². The van der Waals surface area contributed by atoms with E-state index in [2.05, 4.69) is 17.9 Å². The fourth-order valence-corrected chi connectivity index (χ4v) is 1.54. The van der Waals surface area contributed by atoms with Crippen LogP contribution in [0.1, 0.15) is 18.4 Å². The zero-order valence-corrected chi connectivity index (χ0v) is 8.91. The van der Waals surface area contributed by atoms with E-state index in [-0.39, 0.29) is 12.4 Å². The summed E-state index contributed by atoms with van der Waals surface area (Å²) in [6.45, 7) is 0.734. The number of quaternary nitrogens is 1. The molecule has 0 bridgehead atoms. The molecule has 14 heavy (non-hydrogen) atoms. The van der Waals surface area contributed by atoms with E-state index in [4.69, 9.17) is 4.74 Å². The van der Waals surface area contributed by atoms with Crippen LogP contribution in [0.25, 0.3) is 0 Å². The lowest BCUT2D eigenvalue weighted by molar-refractivity contribution is -0.462. The van der Waals surface area contributed by atoms with Gasteiger partial charge in [0.05, 0.1) is 6.61 Å². The Kier molecular flexibility index (Phi) is 4.39. The normalized spacial score (nSPS) is 24.9. The first-order valence-electron chi connectivity index (χ1n) is 4.85. The molecule has 0 amide bonds. The largest absolute Gasteiger partial charge is 1.00 e. The molecule has 3 N–H and O–H groups in total. The molecule has 1 aliphatic carbocycles. The summed E-state index contributed by atoms with van der Waals surface area (Å²) in [5.74, 6) is 0. The van der Waals surface area contributed by atoms with E-state index in [1.165, 1.54) is 18.4 Å². The monoisotopic (exact) mass is 213 g/mol. The third kappa shape index (κ3) is 2.71. The molecule has 0 saturated heterocycles. The smallest absolute Gasteiger partial charge is 0.111 e. The third-order valence-electron chi connectivity index (χ3n) is 2.65. The molecule has 0 spiro atoms. The number of hydrogen-bond acceptors (Lipinski definition) is 1. The molecule has 78 valence electrons. The molecule has 0 aliphatic heterocycles. The van der Waals surface area contributed by atoms with E-state index < -0.39 is 0 Å². The van der Waals surface area contributed by atoms with Gasteiger partial charge in [-0.15, -0.1) is 0 Å². The van der Waals surface area contributed by atoms with Gasteiger partial charge < -0.3 is 22.9 Å². The van der Waals surface area contributed by atoms with E-state index in [9.17, 15) is 0 Å². The lowest BCUT2D eigenvalue weighted by Gasteiger charge is -2.30. The summed E-state index contributed by atoms with van der Waals surface area (Å²) in [6.07, 6.45) is 2.81. The van der Waals surface area contributed by atoms with Crippen LogP contribution < -0.4 is 18.1 Å². The predicted octanol–water partition coefficient (Wildman–Crippen LogP) is -2.02. The van der Waals surface area contributed by atoms with E-state index >= 15 is 0 Å². The highest BCUT2D eigenvalue weighted by Gasteiger charge is 2.31. The lowest BCUT2D eigenvalue weighted by Crippen LogP contribution is -3.00. The predicted molar refractivity (Wildman–Crippen MR) is 50.9 cm³/mol. The summed E-state index contributed by atoms with van der Waals surface area (Å²) in [7, 11) is 0. The number of benzene rings is 1. The van der Waals surface area contributed by atoms with Crippen LogP contribution in [0.5, 0.6) is 0 Å². The maximum Gasteiger partial charge on any atom is 0.111 e. The molecule has 0 aromatic heterocycles. The topological polar surface area (TPSA) is 36.9 Å². The van der Waals surface area contributed by atoms with Crippen molar-refractivity contribution in [3.05, 3.63) is 35.9 Å². The van der Waals surface area contributed by atoms with E-state index in [0.717, 1.165) is 6.61 Å². The average molecular weight is 214 g/mol. The summed E-state index contributed by atoms with van der Waals surface area (Å²) < 4.78 is 5.71. The molecule has 1 aliphatic rings. The van der Waals surface area contributed by atoms with E-state index in [0.29, 0.717) is 12.1 Å². The second-order valence-electron chi connectivity index (χ2n) is 3.67. The summed E-state index contributed by atoms with van der Waals surface area (Å²) in [5.41, 5.74) is 5.26. The Labute approximate surface area is 90.9 Å². The molecule has 1 saturated carbocycles. The Morgan fingerprint density at radius 2 is 1.93 bits per heavy atom. The fraction of sp³-hybridized carbons (Fsp3) is 0.455. The van der Waals surface area contributed by atoms with Gasteiger partial charge in [0.15, 0.2) is 0 Å². The molecule has 0 unspecified atom stereocenters. The molecule has 0 radical (unpaired) electrons. The van der Waals surface area contributed by atoms with Crippen molar-refractivity contribution >= 4 is 0 Å². The van der Waals surface area contributed by atoms with Gasteiger partial charge in [-0.3, -0.25) is 0 Å². The van der Waals surface area contributed by atoms with Crippen molar-refractivity contribution in [2.75, 3.05) is 0 Å². The Balaban J connectivity index is 0.000000980. The average Bonchev–Trinajstić information content (AvgIpc) is 2.17. The molecule has 0 heterocycles. The van der Waals surface area contributed by atoms with Crippen molar-refractivity contribution in [3.8, 4) is 0 Å². The van der Waals surface area contributed by atoms with Crippen LogP contribution >= 0.6 is 0 Å². The van der Waals surface area contributed by atoms with Crippen molar-refractivity contribution < 1.29 is 22.9 Å². The van der Waals surface area contributed by atoms with Gasteiger partial charge in [-0.25, -0.2) is 0 Å². The molecule has 1 fully saturated rings. The minimum atomic E-state index is 0. The molecular weight excluding hydrogens is 198 g/mol. The summed E-state index contributed by atoms with van der Waals surface area (Å²) in [5, 5.41) is 0. The number of halogens is 1. The third-order valence-corrected chi connectivity index (χ3v) is 2.65. The molecule has 1 aromatic rings. The molecule has 2 rings (SSSR count). The molecule has 2 nitrogen and oxygen atoms in total. The highest BCUT2D eigenvalue weighted by atomic mass is 35.5. The van der Waals surface area contributed by atoms with Crippen LogP contribution in [0, 0.1) is 0 Å². The van der Waals surface area contributed by atoms with Crippen LogP contribution in [0.3, 0.4) is 0 Å². The van der Waals surface area contributed by atoms with Crippen LogP contribution in [0.4, 0.5) is 0 Å². The Morgan fingerprint density at radius 1 is 1.21 bits per heavy atom. The quantitative estimate of drug-likeness (QED) is 0.619. The Bertz CT molecular complexity index is 265. The highest BCUT2D eigenvalue weighted by molar-refractivity contribution is 5.13. The summed E-state index contributed by atoms with van der Waals surface area (Å²) >= 11 is 0. The van der Waals surface area contributed by atoms with Gasteiger partial charge in [0.2, 0.25) is 0 Å². The zero-order chi connectivity index (χ0) is 9.10. The fourth-order valence-electron chi connectivity index (χ4n) is 1.54. The lowest BCUT2D eigenvalue weighted by atomic mass is 9.90. The summed E-state index contributed by atoms with van der Waals surface area (Å²) in [4.78, 5) is 0. The maximum absolute atomic E-state index is 5.71. The van der Waals surface area contributed by atoms with Gasteiger partial charge in [-0.05, 0) is 12.0 Å². The second kappa shape index (κ2) is 5.35. The van der Waals surface area contributed by atoms with Gasteiger partial charge in [-0.2, -0.15) is 0 Å².